The zero-order chi connectivity index (χ0) is 17.8. The van der Waals surface area contributed by atoms with Gasteiger partial charge in [0.05, 0.1) is 20.3 Å². The second-order valence-electron chi connectivity index (χ2n) is 6.26. The first kappa shape index (κ1) is 17.1. The third-order valence-corrected chi connectivity index (χ3v) is 4.58. The molecule has 25 heavy (non-hydrogen) atoms. The van der Waals surface area contributed by atoms with Gasteiger partial charge in [-0.3, -0.25) is 0 Å². The Morgan fingerprint density at radius 3 is 2.72 bits per heavy atom. The molecule has 5 nitrogen and oxygen atoms in total. The molecule has 2 aromatic rings. The van der Waals surface area contributed by atoms with Crippen molar-refractivity contribution in [3.8, 4) is 11.5 Å². The van der Waals surface area contributed by atoms with Gasteiger partial charge < -0.3 is 19.7 Å². The Morgan fingerprint density at radius 1 is 1.16 bits per heavy atom. The number of nitrogens with zero attached hydrogens (tertiary/aromatic N) is 1. The number of anilines is 1. The molecule has 2 aromatic carbocycles. The maximum Gasteiger partial charge on any atom is 0.322 e. The largest absolute Gasteiger partial charge is 0.497 e. The lowest BCUT2D eigenvalue weighted by atomic mass is 10.0. The minimum Gasteiger partial charge on any atom is -0.497 e. The highest BCUT2D eigenvalue weighted by Crippen LogP contribution is 2.39. The van der Waals surface area contributed by atoms with Crippen LogP contribution in [0.4, 0.5) is 10.5 Å². The van der Waals surface area contributed by atoms with Gasteiger partial charge in [-0.25, -0.2) is 4.79 Å². The standard InChI is InChI=1S/C20H24N2O3/c1-14-6-4-7-15(12-14)21-20(23)22-11-5-8-18(22)17-13-16(24-2)9-10-19(17)25-3/h4,6-7,9-10,12-13,18H,5,8,11H2,1-3H3,(H,21,23). The third kappa shape index (κ3) is 3.71. The molecule has 0 bridgehead atoms. The summed E-state index contributed by atoms with van der Waals surface area (Å²) in [5.41, 5.74) is 2.91. The average molecular weight is 340 g/mol. The van der Waals surface area contributed by atoms with Crippen LogP contribution in [0.25, 0.3) is 0 Å². The zero-order valence-electron chi connectivity index (χ0n) is 14.9. The van der Waals surface area contributed by atoms with Crippen molar-refractivity contribution in [3.63, 3.8) is 0 Å². The first-order valence-electron chi connectivity index (χ1n) is 8.48. The van der Waals surface area contributed by atoms with Crippen molar-refractivity contribution < 1.29 is 14.3 Å². The minimum atomic E-state index is -0.0852. The van der Waals surface area contributed by atoms with Crippen LogP contribution >= 0.6 is 0 Å². The normalized spacial score (nSPS) is 16.6. The van der Waals surface area contributed by atoms with Crippen molar-refractivity contribution >= 4 is 11.7 Å². The molecule has 1 fully saturated rings. The number of carbonyl (C=O) groups excluding carboxylic acids is 1. The molecule has 132 valence electrons. The van der Waals surface area contributed by atoms with E-state index >= 15 is 0 Å². The topological polar surface area (TPSA) is 50.8 Å². The number of urea groups is 1. The van der Waals surface area contributed by atoms with Gasteiger partial charge in [0.2, 0.25) is 0 Å². The fourth-order valence-electron chi connectivity index (χ4n) is 3.35. The van der Waals surface area contributed by atoms with Crippen LogP contribution in [0.3, 0.4) is 0 Å². The van der Waals surface area contributed by atoms with Gasteiger partial charge in [-0.15, -0.1) is 0 Å². The Morgan fingerprint density at radius 2 is 2.00 bits per heavy atom. The van der Waals surface area contributed by atoms with Crippen LogP contribution in [0.5, 0.6) is 11.5 Å². The fraction of sp³-hybridized carbons (Fsp3) is 0.350. The lowest BCUT2D eigenvalue weighted by molar-refractivity contribution is 0.206. The number of hydrogen-bond acceptors (Lipinski definition) is 3. The Labute approximate surface area is 148 Å². The highest BCUT2D eigenvalue weighted by atomic mass is 16.5. The van der Waals surface area contributed by atoms with Crippen molar-refractivity contribution in [1.29, 1.82) is 0 Å². The van der Waals surface area contributed by atoms with Gasteiger partial charge in [0.25, 0.3) is 0 Å². The molecule has 1 heterocycles. The lowest BCUT2D eigenvalue weighted by Gasteiger charge is -2.27. The van der Waals surface area contributed by atoms with E-state index in [1.54, 1.807) is 14.2 Å². The molecule has 1 N–H and O–H groups in total. The summed E-state index contributed by atoms with van der Waals surface area (Å²) in [5, 5.41) is 3.01. The quantitative estimate of drug-likeness (QED) is 0.898. The Balaban J connectivity index is 1.84. The van der Waals surface area contributed by atoms with E-state index < -0.39 is 0 Å². The number of methoxy groups -OCH3 is 2. The second-order valence-corrected chi connectivity index (χ2v) is 6.26. The summed E-state index contributed by atoms with van der Waals surface area (Å²) >= 11 is 0. The van der Waals surface area contributed by atoms with Crippen LogP contribution < -0.4 is 14.8 Å². The van der Waals surface area contributed by atoms with Crippen LogP contribution in [0.1, 0.15) is 30.0 Å². The number of benzene rings is 2. The third-order valence-electron chi connectivity index (χ3n) is 4.58. The smallest absolute Gasteiger partial charge is 0.322 e. The maximum atomic E-state index is 12.8. The lowest BCUT2D eigenvalue weighted by Crippen LogP contribution is -2.34. The Kier molecular flexibility index (Phi) is 5.12. The summed E-state index contributed by atoms with van der Waals surface area (Å²) in [6.45, 7) is 2.73. The van der Waals surface area contributed by atoms with E-state index in [9.17, 15) is 4.79 Å². The van der Waals surface area contributed by atoms with Crippen molar-refractivity contribution in [3.05, 3.63) is 53.6 Å². The predicted molar refractivity (Wildman–Crippen MR) is 98.4 cm³/mol. The van der Waals surface area contributed by atoms with E-state index in [-0.39, 0.29) is 12.1 Å². The highest BCUT2D eigenvalue weighted by Gasteiger charge is 2.32. The summed E-state index contributed by atoms with van der Waals surface area (Å²) in [6.07, 6.45) is 1.87. The summed E-state index contributed by atoms with van der Waals surface area (Å²) in [5.74, 6) is 1.54. The molecule has 1 aliphatic rings. The van der Waals surface area contributed by atoms with Gasteiger partial charge >= 0.3 is 6.03 Å². The molecule has 1 atom stereocenters. The molecule has 5 heteroatoms. The molecule has 1 saturated heterocycles. The van der Waals surface area contributed by atoms with Crippen LogP contribution in [-0.2, 0) is 0 Å². The monoisotopic (exact) mass is 340 g/mol. The molecule has 0 radical (unpaired) electrons. The second kappa shape index (κ2) is 7.47. The molecule has 2 amide bonds. The van der Waals surface area contributed by atoms with Crippen molar-refractivity contribution in [1.82, 2.24) is 4.90 Å². The van der Waals surface area contributed by atoms with Crippen LogP contribution in [0.15, 0.2) is 42.5 Å². The molecule has 0 aromatic heterocycles. The molecular formula is C20H24N2O3. The number of carbonyl (C=O) groups is 1. The summed E-state index contributed by atoms with van der Waals surface area (Å²) in [7, 11) is 3.29. The van der Waals surface area contributed by atoms with E-state index in [2.05, 4.69) is 5.32 Å². The van der Waals surface area contributed by atoms with Crippen molar-refractivity contribution in [2.75, 3.05) is 26.1 Å². The van der Waals surface area contributed by atoms with Gasteiger partial charge in [0.15, 0.2) is 0 Å². The number of hydrogen-bond donors (Lipinski definition) is 1. The van der Waals surface area contributed by atoms with Gasteiger partial charge in [-0.2, -0.15) is 0 Å². The first-order valence-corrected chi connectivity index (χ1v) is 8.48. The Bertz CT molecular complexity index is 760. The molecular weight excluding hydrogens is 316 g/mol. The number of amides is 2. The average Bonchev–Trinajstić information content (AvgIpc) is 3.11. The van der Waals surface area contributed by atoms with Crippen molar-refractivity contribution in [2.45, 2.75) is 25.8 Å². The molecule has 3 rings (SSSR count). The summed E-state index contributed by atoms with van der Waals surface area (Å²) < 4.78 is 10.8. The van der Waals surface area contributed by atoms with E-state index in [1.165, 1.54) is 0 Å². The number of aryl methyl sites for hydroxylation is 1. The fourth-order valence-corrected chi connectivity index (χ4v) is 3.35. The highest BCUT2D eigenvalue weighted by molar-refractivity contribution is 5.90. The molecule has 0 aliphatic carbocycles. The number of ether oxygens (including phenoxy) is 2. The van der Waals surface area contributed by atoms with E-state index in [0.29, 0.717) is 0 Å². The molecule has 1 aliphatic heterocycles. The molecule has 0 spiro atoms. The first-order chi connectivity index (χ1) is 12.1. The van der Waals surface area contributed by atoms with Gasteiger partial charge in [0, 0.05) is 17.8 Å². The van der Waals surface area contributed by atoms with E-state index in [4.69, 9.17) is 9.47 Å². The SMILES string of the molecule is COc1ccc(OC)c(C2CCCN2C(=O)Nc2cccc(C)c2)c1. The molecule has 1 unspecified atom stereocenters. The molecule has 0 saturated carbocycles. The Hall–Kier alpha value is -2.69. The number of rotatable bonds is 4. The van der Waals surface area contributed by atoms with Gasteiger partial charge in [-0.05, 0) is 55.7 Å². The summed E-state index contributed by atoms with van der Waals surface area (Å²) in [6, 6.07) is 13.4. The number of likely N-dealkylation sites (tertiary alicyclic amines) is 1. The van der Waals surface area contributed by atoms with Crippen LogP contribution in [-0.4, -0.2) is 31.7 Å². The summed E-state index contributed by atoms with van der Waals surface area (Å²) in [4.78, 5) is 14.7. The van der Waals surface area contributed by atoms with E-state index in [1.807, 2.05) is 54.3 Å². The van der Waals surface area contributed by atoms with E-state index in [0.717, 1.165) is 47.7 Å². The maximum absolute atomic E-state index is 12.8. The van der Waals surface area contributed by atoms with Crippen molar-refractivity contribution in [2.24, 2.45) is 0 Å². The predicted octanol–water partition coefficient (Wildman–Crippen LogP) is 4.38. The number of nitrogens with one attached hydrogen (secondary N) is 1. The van der Waals surface area contributed by atoms with Gasteiger partial charge in [0.1, 0.15) is 11.5 Å². The van der Waals surface area contributed by atoms with Crippen LogP contribution in [0, 0.1) is 6.92 Å². The van der Waals surface area contributed by atoms with Crippen LogP contribution in [0.2, 0.25) is 0 Å². The van der Waals surface area contributed by atoms with Gasteiger partial charge in [-0.1, -0.05) is 12.1 Å². The minimum absolute atomic E-state index is 0.0186. The zero-order valence-corrected chi connectivity index (χ0v) is 14.9.